The van der Waals surface area contributed by atoms with E-state index in [4.69, 9.17) is 0 Å². The van der Waals surface area contributed by atoms with Gasteiger partial charge in [-0.25, -0.2) is 0 Å². The van der Waals surface area contributed by atoms with E-state index in [-0.39, 0.29) is 0 Å². The summed E-state index contributed by atoms with van der Waals surface area (Å²) in [6, 6.07) is 0. The van der Waals surface area contributed by atoms with E-state index in [1.54, 1.807) is 0 Å². The normalized spacial score (nSPS) is 12.0. The number of nitrogens with zero attached hydrogens (tertiary/aromatic N) is 2. The molecular weight excluding hydrogens is 163 g/mol. The van der Waals surface area contributed by atoms with E-state index in [1.807, 2.05) is 0 Å². The van der Waals surface area contributed by atoms with Gasteiger partial charge in [0.15, 0.2) is 0 Å². The molecule has 0 spiro atoms. The monoisotopic (exact) mass is 178 g/mol. The van der Waals surface area contributed by atoms with Gasteiger partial charge >= 0.3 is 56.6 Å². The molecule has 50 valence electrons. The fraction of sp³-hybridized carbons (Fsp3) is 1.00. The maximum atomic E-state index is 2.31. The third-order valence-corrected chi connectivity index (χ3v) is 6.02. The van der Waals surface area contributed by atoms with E-state index in [1.165, 1.54) is 0 Å². The quantitative estimate of drug-likeness (QED) is 0.558. The molecule has 2 nitrogen and oxygen atoms in total. The van der Waals surface area contributed by atoms with Crippen LogP contribution in [-0.2, 0) is 0 Å². The van der Waals surface area contributed by atoms with Crippen molar-refractivity contribution in [3.63, 3.8) is 0 Å². The zero-order chi connectivity index (χ0) is 6.73. The van der Waals surface area contributed by atoms with Crippen molar-refractivity contribution < 1.29 is 0 Å². The van der Waals surface area contributed by atoms with Crippen molar-refractivity contribution in [2.75, 3.05) is 28.2 Å². The van der Waals surface area contributed by atoms with Crippen molar-refractivity contribution >= 4 is 15.1 Å². The Hall–Kier alpha value is 0.478. The van der Waals surface area contributed by atoms with E-state index in [0.717, 1.165) is 0 Å². The molecule has 0 amide bonds. The first-order chi connectivity index (χ1) is 3.55. The van der Waals surface area contributed by atoms with Gasteiger partial charge in [-0.15, -0.1) is 0 Å². The summed E-state index contributed by atoms with van der Waals surface area (Å²) in [7, 11) is 8.56. The van der Waals surface area contributed by atoms with Gasteiger partial charge in [0, 0.05) is 0 Å². The Morgan fingerprint density at radius 2 is 1.12 bits per heavy atom. The molecule has 0 atom stereocenters. The molecule has 0 bridgehead atoms. The molecule has 0 N–H and O–H groups in total. The average Bonchev–Trinajstić information content (AvgIpc) is 1.64. The van der Waals surface area contributed by atoms with Crippen molar-refractivity contribution in [2.24, 2.45) is 0 Å². The molecule has 8 heavy (non-hydrogen) atoms. The molecule has 0 aliphatic heterocycles. The van der Waals surface area contributed by atoms with E-state index >= 15 is 0 Å². The Morgan fingerprint density at radius 1 is 0.875 bits per heavy atom. The topological polar surface area (TPSA) is 6.48 Å². The summed E-state index contributed by atoms with van der Waals surface area (Å²) in [5, 5.41) is 0. The van der Waals surface area contributed by atoms with Crippen LogP contribution in [0.2, 0.25) is 5.71 Å². The molecule has 0 aromatic carbocycles. The second-order valence-corrected chi connectivity index (χ2v) is 7.59. The first-order valence-corrected chi connectivity index (χ1v) is 6.19. The van der Waals surface area contributed by atoms with Crippen LogP contribution < -0.4 is 0 Å². The van der Waals surface area contributed by atoms with Crippen molar-refractivity contribution in [1.82, 2.24) is 7.63 Å². The Kier molecular flexibility index (Phi) is 3.70. The van der Waals surface area contributed by atoms with Gasteiger partial charge in [-0.1, -0.05) is 0 Å². The molecule has 0 fully saturated rings. The van der Waals surface area contributed by atoms with Crippen LogP contribution in [0.1, 0.15) is 0 Å². The third-order valence-electron chi connectivity index (χ3n) is 1.16. The zero-order valence-electron chi connectivity index (χ0n) is 6.34. The van der Waals surface area contributed by atoms with Gasteiger partial charge in [0.25, 0.3) is 0 Å². The molecule has 0 aliphatic carbocycles. The summed E-state index contributed by atoms with van der Waals surface area (Å²) >= 11 is -0.743. The van der Waals surface area contributed by atoms with Crippen molar-refractivity contribution in [3.05, 3.63) is 0 Å². The van der Waals surface area contributed by atoms with Gasteiger partial charge in [0.05, 0.1) is 0 Å². The van der Waals surface area contributed by atoms with Gasteiger partial charge in [-0.3, -0.25) is 0 Å². The molecule has 0 rings (SSSR count). The van der Waals surface area contributed by atoms with E-state index in [9.17, 15) is 0 Å². The second kappa shape index (κ2) is 3.49. The van der Waals surface area contributed by atoms with Crippen LogP contribution in [0, 0.1) is 0 Å². The Balaban J connectivity index is 3.46. The van der Waals surface area contributed by atoms with Crippen LogP contribution in [0.15, 0.2) is 0 Å². The number of rotatable bonds is 2. The minimum atomic E-state index is -0.743. The first-order valence-electron chi connectivity index (χ1n) is 2.64. The molecule has 0 radical (unpaired) electrons. The first kappa shape index (κ1) is 8.48. The van der Waals surface area contributed by atoms with Gasteiger partial charge in [-0.05, 0) is 0 Å². The van der Waals surface area contributed by atoms with Crippen molar-refractivity contribution in [1.29, 1.82) is 0 Å². The van der Waals surface area contributed by atoms with E-state index in [2.05, 4.69) is 41.5 Å². The fourth-order valence-corrected chi connectivity index (χ4v) is 1.86. The molecule has 0 aromatic heterocycles. The number of hydrogen-bond acceptors (Lipinski definition) is 2. The van der Waals surface area contributed by atoms with Crippen LogP contribution in [-0.4, -0.2) is 50.9 Å². The molecular formula is C5H15AsN2. The summed E-state index contributed by atoms with van der Waals surface area (Å²) in [4.78, 5) is 0. The van der Waals surface area contributed by atoms with Gasteiger partial charge in [-0.2, -0.15) is 0 Å². The number of hydrogen-bond donors (Lipinski definition) is 0. The Bertz CT molecular complexity index is 55.4. The summed E-state index contributed by atoms with van der Waals surface area (Å²) in [5.74, 6) is 0. The average molecular weight is 178 g/mol. The Labute approximate surface area is 57.2 Å². The van der Waals surface area contributed by atoms with Crippen LogP contribution in [0.4, 0.5) is 0 Å². The Morgan fingerprint density at radius 3 is 1.12 bits per heavy atom. The molecule has 3 heteroatoms. The summed E-state index contributed by atoms with van der Waals surface area (Å²) in [6.45, 7) is 0. The fourth-order valence-electron chi connectivity index (χ4n) is 0.358. The molecule has 0 saturated carbocycles. The van der Waals surface area contributed by atoms with E-state index in [0.29, 0.717) is 0 Å². The van der Waals surface area contributed by atoms with Crippen LogP contribution in [0.3, 0.4) is 0 Å². The summed E-state index contributed by atoms with van der Waals surface area (Å²) in [5.41, 5.74) is 2.31. The van der Waals surface area contributed by atoms with Crippen LogP contribution in [0.5, 0.6) is 0 Å². The molecule has 0 heterocycles. The van der Waals surface area contributed by atoms with Crippen LogP contribution in [0.25, 0.3) is 0 Å². The molecule has 0 aliphatic rings. The standard InChI is InChI=1S/C5H15AsN2/c1-6(7(2)3)8(4)5/h1-5H3. The van der Waals surface area contributed by atoms with E-state index < -0.39 is 15.1 Å². The zero-order valence-corrected chi connectivity index (χ0v) is 8.22. The van der Waals surface area contributed by atoms with Crippen molar-refractivity contribution in [3.8, 4) is 0 Å². The summed E-state index contributed by atoms with van der Waals surface area (Å²) < 4.78 is 4.62. The second-order valence-electron chi connectivity index (χ2n) is 2.18. The molecule has 0 saturated heterocycles. The SMILES string of the molecule is CN(C)[As](C)N(C)C. The van der Waals surface area contributed by atoms with Gasteiger partial charge in [0.1, 0.15) is 0 Å². The minimum absolute atomic E-state index is 0.743. The molecule has 0 unspecified atom stereocenters. The van der Waals surface area contributed by atoms with Gasteiger partial charge < -0.3 is 0 Å². The maximum absolute atomic E-state index is 2.31. The predicted molar refractivity (Wildman–Crippen MR) is 39.0 cm³/mol. The summed E-state index contributed by atoms with van der Waals surface area (Å²) in [6.07, 6.45) is 0. The molecule has 0 aromatic rings. The van der Waals surface area contributed by atoms with Gasteiger partial charge in [0.2, 0.25) is 0 Å². The van der Waals surface area contributed by atoms with Crippen molar-refractivity contribution in [2.45, 2.75) is 5.71 Å². The third kappa shape index (κ3) is 2.70. The predicted octanol–water partition coefficient (Wildman–Crippen LogP) is 0.228. The van der Waals surface area contributed by atoms with Crippen LogP contribution >= 0.6 is 0 Å².